The molecule has 0 saturated heterocycles. The number of rotatable bonds is 6. The van der Waals surface area contributed by atoms with E-state index in [0.717, 1.165) is 22.6 Å². The van der Waals surface area contributed by atoms with Crippen molar-refractivity contribution in [1.82, 2.24) is 14.9 Å². The number of hydrogen-bond donors (Lipinski definition) is 1. The zero-order chi connectivity index (χ0) is 18.5. The van der Waals surface area contributed by atoms with Gasteiger partial charge in [-0.2, -0.15) is 14.9 Å². The van der Waals surface area contributed by atoms with Gasteiger partial charge in [-0.05, 0) is 55.9 Å². The maximum absolute atomic E-state index is 5.75. The first-order valence-electron chi connectivity index (χ1n) is 8.20. The van der Waals surface area contributed by atoms with Gasteiger partial charge in [-0.15, -0.1) is 0 Å². The molecule has 0 unspecified atom stereocenters. The van der Waals surface area contributed by atoms with Crippen molar-refractivity contribution in [3.8, 4) is 22.9 Å². The summed E-state index contributed by atoms with van der Waals surface area (Å²) < 4.78 is 13.0. The van der Waals surface area contributed by atoms with Crippen molar-refractivity contribution in [2.24, 2.45) is 5.10 Å². The number of H-pyrrole nitrogens is 1. The molecular weight excluding hydrogens is 348 g/mol. The molecule has 0 aliphatic rings. The number of benzene rings is 2. The van der Waals surface area contributed by atoms with Gasteiger partial charge in [0.25, 0.3) is 0 Å². The molecule has 3 rings (SSSR count). The molecule has 0 aliphatic heterocycles. The molecule has 134 valence electrons. The Labute approximate surface area is 157 Å². The maximum Gasteiger partial charge on any atom is 0.216 e. The summed E-state index contributed by atoms with van der Waals surface area (Å²) in [6, 6.07) is 15.3. The fourth-order valence-corrected chi connectivity index (χ4v) is 2.59. The lowest BCUT2D eigenvalue weighted by molar-refractivity contribution is 0.242. The first-order valence-corrected chi connectivity index (χ1v) is 8.60. The van der Waals surface area contributed by atoms with Crippen molar-refractivity contribution < 1.29 is 9.47 Å². The van der Waals surface area contributed by atoms with Crippen LogP contribution in [0.3, 0.4) is 0 Å². The zero-order valence-corrected chi connectivity index (χ0v) is 15.7. The minimum atomic E-state index is 0.0946. The molecule has 0 atom stereocenters. The van der Waals surface area contributed by atoms with Gasteiger partial charge < -0.3 is 9.47 Å². The highest BCUT2D eigenvalue weighted by atomic mass is 32.1. The van der Waals surface area contributed by atoms with E-state index in [0.29, 0.717) is 10.6 Å². The van der Waals surface area contributed by atoms with Crippen LogP contribution in [-0.4, -0.2) is 34.3 Å². The van der Waals surface area contributed by atoms with E-state index in [1.54, 1.807) is 18.0 Å². The van der Waals surface area contributed by atoms with Gasteiger partial charge in [-0.1, -0.05) is 24.3 Å². The van der Waals surface area contributed by atoms with Crippen LogP contribution in [0, 0.1) is 4.77 Å². The number of ether oxygens (including phenoxy) is 2. The molecule has 1 heterocycles. The summed E-state index contributed by atoms with van der Waals surface area (Å²) in [5.74, 6) is 2.15. The van der Waals surface area contributed by atoms with E-state index in [1.165, 1.54) is 0 Å². The normalized spacial score (nSPS) is 11.2. The zero-order valence-electron chi connectivity index (χ0n) is 14.8. The third kappa shape index (κ3) is 4.18. The van der Waals surface area contributed by atoms with Gasteiger partial charge in [0.2, 0.25) is 4.77 Å². The summed E-state index contributed by atoms with van der Waals surface area (Å²) >= 11 is 5.31. The minimum Gasteiger partial charge on any atom is -0.497 e. The second-order valence-electron chi connectivity index (χ2n) is 5.88. The van der Waals surface area contributed by atoms with Crippen LogP contribution in [0.5, 0.6) is 11.5 Å². The summed E-state index contributed by atoms with van der Waals surface area (Å²) in [7, 11) is 1.63. The van der Waals surface area contributed by atoms with Gasteiger partial charge in [0.05, 0.1) is 19.4 Å². The number of hydrogen-bond acceptors (Lipinski definition) is 5. The van der Waals surface area contributed by atoms with Crippen molar-refractivity contribution in [1.29, 1.82) is 0 Å². The SMILES string of the molecule is COc1cccc(C=Nn2c(-c3cccc(OC(C)C)c3)n[nH]c2=S)c1. The highest BCUT2D eigenvalue weighted by Crippen LogP contribution is 2.23. The Morgan fingerprint density at radius 1 is 1.15 bits per heavy atom. The van der Waals surface area contributed by atoms with E-state index in [-0.39, 0.29) is 6.10 Å². The fraction of sp³-hybridized carbons (Fsp3) is 0.211. The molecular formula is C19H20N4O2S. The van der Waals surface area contributed by atoms with E-state index in [1.807, 2.05) is 62.4 Å². The van der Waals surface area contributed by atoms with Crippen LogP contribution in [-0.2, 0) is 0 Å². The maximum atomic E-state index is 5.75. The largest absolute Gasteiger partial charge is 0.497 e. The molecule has 2 aromatic carbocycles. The number of methoxy groups -OCH3 is 1. The van der Waals surface area contributed by atoms with E-state index in [2.05, 4.69) is 15.3 Å². The van der Waals surface area contributed by atoms with E-state index < -0.39 is 0 Å². The van der Waals surface area contributed by atoms with Crippen LogP contribution < -0.4 is 9.47 Å². The molecule has 26 heavy (non-hydrogen) atoms. The first-order chi connectivity index (χ1) is 12.6. The lowest BCUT2D eigenvalue weighted by Crippen LogP contribution is -2.05. The summed E-state index contributed by atoms with van der Waals surface area (Å²) in [5, 5.41) is 11.6. The molecule has 0 amide bonds. The van der Waals surface area contributed by atoms with Crippen LogP contribution in [0.15, 0.2) is 53.6 Å². The Morgan fingerprint density at radius 2 is 1.92 bits per heavy atom. The molecule has 7 heteroatoms. The fourth-order valence-electron chi connectivity index (χ4n) is 2.41. The molecule has 0 aliphatic carbocycles. The minimum absolute atomic E-state index is 0.0946. The monoisotopic (exact) mass is 368 g/mol. The molecule has 3 aromatic rings. The van der Waals surface area contributed by atoms with Crippen LogP contribution >= 0.6 is 12.2 Å². The molecule has 0 radical (unpaired) electrons. The smallest absolute Gasteiger partial charge is 0.216 e. The van der Waals surface area contributed by atoms with E-state index >= 15 is 0 Å². The first kappa shape index (κ1) is 17.9. The average Bonchev–Trinajstić information content (AvgIpc) is 3.00. The number of nitrogens with zero attached hydrogens (tertiary/aromatic N) is 3. The van der Waals surface area contributed by atoms with Crippen LogP contribution in [0.25, 0.3) is 11.4 Å². The van der Waals surface area contributed by atoms with Crippen molar-refractivity contribution in [2.45, 2.75) is 20.0 Å². The summed E-state index contributed by atoms with van der Waals surface area (Å²) in [6.45, 7) is 3.97. The molecule has 0 bridgehead atoms. The topological polar surface area (TPSA) is 64.4 Å². The van der Waals surface area contributed by atoms with Gasteiger partial charge >= 0.3 is 0 Å². The summed E-state index contributed by atoms with van der Waals surface area (Å²) in [5.41, 5.74) is 1.76. The van der Waals surface area contributed by atoms with Crippen LogP contribution in [0.2, 0.25) is 0 Å². The standard InChI is InChI=1S/C19H20N4O2S/c1-13(2)25-17-9-5-7-15(11-17)18-21-22-19(26)23(18)20-12-14-6-4-8-16(10-14)24-3/h4-13H,1-3H3,(H,22,26). The molecule has 0 spiro atoms. The van der Waals surface area contributed by atoms with Crippen molar-refractivity contribution in [2.75, 3.05) is 7.11 Å². The molecule has 6 nitrogen and oxygen atoms in total. The Hall–Kier alpha value is -2.93. The van der Waals surface area contributed by atoms with E-state index in [9.17, 15) is 0 Å². The highest BCUT2D eigenvalue weighted by molar-refractivity contribution is 7.71. The molecule has 1 N–H and O–H groups in total. The van der Waals surface area contributed by atoms with E-state index in [4.69, 9.17) is 21.7 Å². The second-order valence-corrected chi connectivity index (χ2v) is 6.27. The summed E-state index contributed by atoms with van der Waals surface area (Å²) in [4.78, 5) is 0. The second kappa shape index (κ2) is 7.97. The number of aromatic amines is 1. The van der Waals surface area contributed by atoms with Gasteiger partial charge in [-0.25, -0.2) is 5.10 Å². The summed E-state index contributed by atoms with van der Waals surface area (Å²) in [6.07, 6.45) is 1.81. The number of nitrogens with one attached hydrogen (secondary N) is 1. The van der Waals surface area contributed by atoms with Gasteiger partial charge in [-0.3, -0.25) is 0 Å². The van der Waals surface area contributed by atoms with Crippen molar-refractivity contribution in [3.63, 3.8) is 0 Å². The predicted molar refractivity (Wildman–Crippen MR) is 105 cm³/mol. The molecule has 1 aromatic heterocycles. The molecule has 0 saturated carbocycles. The van der Waals surface area contributed by atoms with Crippen molar-refractivity contribution >= 4 is 18.4 Å². The van der Waals surface area contributed by atoms with Crippen LogP contribution in [0.4, 0.5) is 0 Å². The Bertz CT molecular complexity index is 975. The van der Waals surface area contributed by atoms with Crippen molar-refractivity contribution in [3.05, 3.63) is 58.9 Å². The van der Waals surface area contributed by atoms with Gasteiger partial charge in [0.15, 0.2) is 5.82 Å². The number of aromatic nitrogens is 3. The third-order valence-corrected chi connectivity index (χ3v) is 3.79. The lowest BCUT2D eigenvalue weighted by Gasteiger charge is -2.10. The Kier molecular flexibility index (Phi) is 5.48. The Morgan fingerprint density at radius 3 is 2.69 bits per heavy atom. The average molecular weight is 368 g/mol. The quantitative estimate of drug-likeness (QED) is 0.521. The third-order valence-electron chi connectivity index (χ3n) is 3.53. The highest BCUT2D eigenvalue weighted by Gasteiger charge is 2.09. The van der Waals surface area contributed by atoms with Gasteiger partial charge in [0.1, 0.15) is 11.5 Å². The Balaban J connectivity index is 1.94. The van der Waals surface area contributed by atoms with Gasteiger partial charge in [0, 0.05) is 5.56 Å². The lowest BCUT2D eigenvalue weighted by atomic mass is 10.2. The molecule has 0 fully saturated rings. The van der Waals surface area contributed by atoms with Crippen LogP contribution in [0.1, 0.15) is 19.4 Å². The predicted octanol–water partition coefficient (Wildman–Crippen LogP) is 4.29.